The molecule has 0 aliphatic heterocycles. The van der Waals surface area contributed by atoms with Crippen LogP contribution in [0.25, 0.3) is 44.4 Å². The normalized spacial score (nSPS) is 12.2. The topological polar surface area (TPSA) is 51.8 Å². The SMILES string of the molecule is CC(C)Cc1coc2nccc(-c3cc(-c4cc(C(C)(C)C)c5ccccc5c4)ncn3)c12. The summed E-state index contributed by atoms with van der Waals surface area (Å²) in [6, 6.07) is 17.2. The minimum atomic E-state index is 0.0191. The number of aromatic nitrogens is 3. The van der Waals surface area contributed by atoms with Crippen molar-refractivity contribution in [3.8, 4) is 22.5 Å². The van der Waals surface area contributed by atoms with Crippen LogP contribution < -0.4 is 0 Å². The van der Waals surface area contributed by atoms with Gasteiger partial charge in [-0.1, -0.05) is 58.9 Å². The zero-order valence-electron chi connectivity index (χ0n) is 19.9. The van der Waals surface area contributed by atoms with Crippen LogP contribution in [0, 0.1) is 5.92 Å². The van der Waals surface area contributed by atoms with E-state index in [0.717, 1.165) is 34.3 Å². The molecule has 0 bridgehead atoms. The lowest BCUT2D eigenvalue weighted by molar-refractivity contribution is 0.585. The third kappa shape index (κ3) is 4.02. The summed E-state index contributed by atoms with van der Waals surface area (Å²) >= 11 is 0. The molecule has 0 aliphatic carbocycles. The van der Waals surface area contributed by atoms with Gasteiger partial charge in [0.2, 0.25) is 5.71 Å². The summed E-state index contributed by atoms with van der Waals surface area (Å²) in [5.74, 6) is 0.522. The van der Waals surface area contributed by atoms with Gasteiger partial charge in [0, 0.05) is 22.9 Å². The lowest BCUT2D eigenvalue weighted by Crippen LogP contribution is -2.12. The number of hydrogen-bond donors (Lipinski definition) is 0. The summed E-state index contributed by atoms with van der Waals surface area (Å²) in [7, 11) is 0. The van der Waals surface area contributed by atoms with E-state index < -0.39 is 0 Å². The predicted octanol–water partition coefficient (Wildman–Crippen LogP) is 7.60. The van der Waals surface area contributed by atoms with Crippen molar-refractivity contribution < 1.29 is 4.42 Å². The highest BCUT2D eigenvalue weighted by Gasteiger charge is 2.20. The van der Waals surface area contributed by atoms with Crippen LogP contribution in [0.15, 0.2) is 71.7 Å². The molecule has 0 amide bonds. The van der Waals surface area contributed by atoms with E-state index in [1.807, 2.05) is 12.3 Å². The molecule has 4 nitrogen and oxygen atoms in total. The molecule has 0 aliphatic rings. The van der Waals surface area contributed by atoms with Crippen LogP contribution in [0.3, 0.4) is 0 Å². The Hall–Kier alpha value is -3.53. The molecule has 166 valence electrons. The minimum Gasteiger partial charge on any atom is -0.446 e. The van der Waals surface area contributed by atoms with Crippen LogP contribution in [-0.4, -0.2) is 15.0 Å². The molecule has 3 aromatic heterocycles. The minimum absolute atomic E-state index is 0.0191. The highest BCUT2D eigenvalue weighted by molar-refractivity contribution is 5.95. The van der Waals surface area contributed by atoms with Crippen molar-refractivity contribution in [3.63, 3.8) is 0 Å². The van der Waals surface area contributed by atoms with Gasteiger partial charge in [-0.15, -0.1) is 0 Å². The maximum atomic E-state index is 5.77. The van der Waals surface area contributed by atoms with E-state index in [1.165, 1.54) is 21.9 Å². The van der Waals surface area contributed by atoms with Crippen molar-refractivity contribution in [2.24, 2.45) is 5.92 Å². The summed E-state index contributed by atoms with van der Waals surface area (Å²) in [4.78, 5) is 13.7. The van der Waals surface area contributed by atoms with Crippen molar-refractivity contribution >= 4 is 21.9 Å². The van der Waals surface area contributed by atoms with Crippen molar-refractivity contribution in [1.29, 1.82) is 0 Å². The van der Waals surface area contributed by atoms with Gasteiger partial charge in [0.15, 0.2) is 0 Å². The fraction of sp³-hybridized carbons (Fsp3) is 0.276. The van der Waals surface area contributed by atoms with Gasteiger partial charge in [0.25, 0.3) is 0 Å². The maximum Gasteiger partial charge on any atom is 0.226 e. The van der Waals surface area contributed by atoms with Gasteiger partial charge in [-0.25, -0.2) is 15.0 Å². The number of hydrogen-bond acceptors (Lipinski definition) is 4. The zero-order valence-corrected chi connectivity index (χ0v) is 19.9. The molecule has 33 heavy (non-hydrogen) atoms. The van der Waals surface area contributed by atoms with Crippen molar-refractivity contribution in [2.45, 2.75) is 46.5 Å². The number of pyridine rings is 1. The lowest BCUT2D eigenvalue weighted by atomic mass is 9.82. The van der Waals surface area contributed by atoms with Gasteiger partial charge in [0.05, 0.1) is 23.0 Å². The predicted molar refractivity (Wildman–Crippen MR) is 135 cm³/mol. The molecule has 0 N–H and O–H groups in total. The van der Waals surface area contributed by atoms with Gasteiger partial charge in [0.1, 0.15) is 6.33 Å². The molecule has 0 radical (unpaired) electrons. The Morgan fingerprint density at radius 3 is 2.48 bits per heavy atom. The number of rotatable bonds is 4. The van der Waals surface area contributed by atoms with Crippen LogP contribution in [0.2, 0.25) is 0 Å². The fourth-order valence-corrected chi connectivity index (χ4v) is 4.57. The third-order valence-electron chi connectivity index (χ3n) is 6.09. The van der Waals surface area contributed by atoms with Gasteiger partial charge in [-0.3, -0.25) is 0 Å². The van der Waals surface area contributed by atoms with E-state index in [1.54, 1.807) is 12.5 Å². The number of fused-ring (bicyclic) bond motifs is 2. The molecular formula is C29H29N3O. The Bertz CT molecular complexity index is 1460. The van der Waals surface area contributed by atoms with Crippen molar-refractivity contribution in [2.75, 3.05) is 0 Å². The first kappa shape index (κ1) is 21.3. The Labute approximate surface area is 194 Å². The van der Waals surface area contributed by atoms with Crippen molar-refractivity contribution in [3.05, 3.63) is 78.4 Å². The van der Waals surface area contributed by atoms with Gasteiger partial charge >= 0.3 is 0 Å². The molecule has 0 atom stereocenters. The van der Waals surface area contributed by atoms with Crippen LogP contribution in [0.1, 0.15) is 45.7 Å². The second-order valence-corrected chi connectivity index (χ2v) is 10.2. The Kier molecular flexibility index (Phi) is 5.24. The number of benzene rings is 2. The first-order chi connectivity index (χ1) is 15.8. The maximum absolute atomic E-state index is 5.77. The molecule has 0 saturated carbocycles. The zero-order chi connectivity index (χ0) is 23.2. The Balaban J connectivity index is 1.68. The molecule has 4 heteroatoms. The van der Waals surface area contributed by atoms with E-state index in [2.05, 4.69) is 92.0 Å². The van der Waals surface area contributed by atoms with E-state index >= 15 is 0 Å². The second kappa shape index (κ2) is 8.11. The summed E-state index contributed by atoms with van der Waals surface area (Å²) in [6.07, 6.45) is 6.21. The van der Waals surface area contributed by atoms with Crippen LogP contribution in [0.4, 0.5) is 0 Å². The average molecular weight is 436 g/mol. The molecule has 3 heterocycles. The summed E-state index contributed by atoms with van der Waals surface area (Å²) in [5, 5.41) is 3.56. The van der Waals surface area contributed by atoms with Gasteiger partial charge in [-0.05, 0) is 58.4 Å². The molecule has 2 aromatic carbocycles. The molecule has 0 unspecified atom stereocenters. The standard InChI is InChI=1S/C29H29N3O/c1-18(2)12-21-16-33-28-27(21)23(10-11-30-28)26-15-25(31-17-32-26)20-13-19-8-6-7-9-22(19)24(14-20)29(3,4)5/h6-11,13-18H,12H2,1-5H3. The summed E-state index contributed by atoms with van der Waals surface area (Å²) in [5.41, 5.74) is 7.08. The smallest absolute Gasteiger partial charge is 0.226 e. The van der Waals surface area contributed by atoms with Crippen LogP contribution >= 0.6 is 0 Å². The lowest BCUT2D eigenvalue weighted by Gasteiger charge is -2.22. The van der Waals surface area contributed by atoms with Crippen LogP contribution in [0.5, 0.6) is 0 Å². The first-order valence-corrected chi connectivity index (χ1v) is 11.5. The third-order valence-corrected chi connectivity index (χ3v) is 6.09. The van der Waals surface area contributed by atoms with Crippen LogP contribution in [-0.2, 0) is 11.8 Å². The van der Waals surface area contributed by atoms with E-state index in [0.29, 0.717) is 11.6 Å². The molecule has 5 rings (SSSR count). The molecule has 0 saturated heterocycles. The highest BCUT2D eigenvalue weighted by atomic mass is 16.3. The largest absolute Gasteiger partial charge is 0.446 e. The van der Waals surface area contributed by atoms with Gasteiger partial charge in [-0.2, -0.15) is 0 Å². The molecule has 5 aromatic rings. The quantitative estimate of drug-likeness (QED) is 0.292. The second-order valence-electron chi connectivity index (χ2n) is 10.2. The van der Waals surface area contributed by atoms with Gasteiger partial charge < -0.3 is 4.42 Å². The molecule has 0 spiro atoms. The van der Waals surface area contributed by atoms with Crippen molar-refractivity contribution in [1.82, 2.24) is 15.0 Å². The van der Waals surface area contributed by atoms with E-state index in [9.17, 15) is 0 Å². The summed E-state index contributed by atoms with van der Waals surface area (Å²) in [6.45, 7) is 11.2. The Morgan fingerprint density at radius 1 is 0.909 bits per heavy atom. The average Bonchev–Trinajstić information content (AvgIpc) is 3.20. The number of furan rings is 1. The van der Waals surface area contributed by atoms with E-state index in [4.69, 9.17) is 4.42 Å². The fourth-order valence-electron chi connectivity index (χ4n) is 4.57. The summed E-state index contributed by atoms with van der Waals surface area (Å²) < 4.78 is 5.77. The number of nitrogens with zero attached hydrogens (tertiary/aromatic N) is 3. The monoisotopic (exact) mass is 435 g/mol. The first-order valence-electron chi connectivity index (χ1n) is 11.5. The molecule has 0 fully saturated rings. The Morgan fingerprint density at radius 2 is 1.70 bits per heavy atom. The van der Waals surface area contributed by atoms with E-state index in [-0.39, 0.29) is 5.41 Å². The highest BCUT2D eigenvalue weighted by Crippen LogP contribution is 2.36. The molecular weight excluding hydrogens is 406 g/mol.